The smallest absolute Gasteiger partial charge is 0.326 e. The molecule has 6 amide bonds. The molecule has 6 fully saturated rings. The Bertz CT molecular complexity index is 2880. The molecule has 6 N–H and O–H groups in total. The third-order valence-electron chi connectivity index (χ3n) is 26.0. The van der Waals surface area contributed by atoms with E-state index in [4.69, 9.17) is 15.3 Å². The largest absolute Gasteiger partial charge is 0.480 e. The van der Waals surface area contributed by atoms with Crippen LogP contribution < -0.4 is 0 Å². The van der Waals surface area contributed by atoms with Crippen LogP contribution in [-0.2, 0) is 57.5 Å². The Kier molecular flexibility index (Phi) is 73.3. The van der Waals surface area contributed by atoms with E-state index in [9.17, 15) is 72.9 Å². The first kappa shape index (κ1) is 118. The maximum atomic E-state index is 12.3. The highest BCUT2D eigenvalue weighted by atomic mass is 16.4. The van der Waals surface area contributed by atoms with Gasteiger partial charge in [0, 0.05) is 77.8 Å². The molecule has 0 saturated carbocycles. The SMILES string of the molecule is CC(C)CCCCC(=O)N1CCCCC1C(=O)O.CCCCCC(=O)N1CCCCC1C(=O)O.CCCCCCCCCC(=O)N1CCCCC1C(=O)O.CCCCCCCCCCCC(=O)N1CCCCC1C(=O)O.CCCCCCCCCCCCCC(=O)N1CCCCC1C(=O)O.CCCCCCCCCCCCCCCC(=O)N1CCCCC1C(=O)O. The average Bonchev–Trinajstić information content (AvgIpc) is 0.886. The third-order valence-corrected chi connectivity index (χ3v) is 26.0. The topological polar surface area (TPSA) is 346 Å². The zero-order valence-corrected chi connectivity index (χ0v) is 81.0. The normalized spacial score (nSPS) is 18.8. The van der Waals surface area contributed by atoms with Gasteiger partial charge in [0.2, 0.25) is 35.4 Å². The van der Waals surface area contributed by atoms with E-state index >= 15 is 0 Å². The monoisotopic (exact) mass is 1780 g/mol. The fourth-order valence-corrected chi connectivity index (χ4v) is 18.2. The predicted molar refractivity (Wildman–Crippen MR) is 505 cm³/mol. The fraction of sp³-hybridized carbons (Fsp3) is 0.882. The number of carbonyl (C=O) groups is 12. The molecule has 6 heterocycles. The number of unbranched alkanes of at least 4 members (excludes halogenated alkanes) is 39. The quantitative estimate of drug-likeness (QED) is 0.0308. The van der Waals surface area contributed by atoms with Gasteiger partial charge >= 0.3 is 35.8 Å². The summed E-state index contributed by atoms with van der Waals surface area (Å²) in [5.41, 5.74) is 0. The van der Waals surface area contributed by atoms with E-state index in [1.165, 1.54) is 205 Å². The summed E-state index contributed by atoms with van der Waals surface area (Å²) in [4.78, 5) is 149. The molecule has 0 aromatic rings. The van der Waals surface area contributed by atoms with Gasteiger partial charge in [-0.2, -0.15) is 0 Å². The Morgan fingerprint density at radius 1 is 0.198 bits per heavy atom. The maximum Gasteiger partial charge on any atom is 0.326 e. The van der Waals surface area contributed by atoms with E-state index in [-0.39, 0.29) is 35.4 Å². The second-order valence-electron chi connectivity index (χ2n) is 37.4. The van der Waals surface area contributed by atoms with Gasteiger partial charge in [0.15, 0.2) is 0 Å². The Labute approximate surface area is 764 Å². The van der Waals surface area contributed by atoms with E-state index < -0.39 is 72.1 Å². The molecular weight excluding hydrogens is 1600 g/mol. The lowest BCUT2D eigenvalue weighted by Gasteiger charge is -2.33. The summed E-state index contributed by atoms with van der Waals surface area (Å²) >= 11 is 0. The summed E-state index contributed by atoms with van der Waals surface area (Å²) in [6.07, 6.45) is 73.9. The number of hydrogen-bond acceptors (Lipinski definition) is 12. The Balaban J connectivity index is 0.000000761. The van der Waals surface area contributed by atoms with Crippen LogP contribution in [0.1, 0.15) is 498 Å². The number of rotatable bonds is 59. The molecule has 732 valence electrons. The number of aliphatic carboxylic acids is 6. The summed E-state index contributed by atoms with van der Waals surface area (Å²) in [5.74, 6) is -4.25. The van der Waals surface area contributed by atoms with Crippen molar-refractivity contribution in [1.82, 2.24) is 29.4 Å². The summed E-state index contributed by atoms with van der Waals surface area (Å²) < 4.78 is 0. The van der Waals surface area contributed by atoms with Crippen molar-refractivity contribution >= 4 is 71.3 Å². The van der Waals surface area contributed by atoms with Crippen molar-refractivity contribution in [2.24, 2.45) is 5.92 Å². The lowest BCUT2D eigenvalue weighted by atomic mass is 10.0. The molecule has 6 atom stereocenters. The zero-order chi connectivity index (χ0) is 93.2. The number of likely N-dealkylation sites (tertiary alicyclic amines) is 6. The van der Waals surface area contributed by atoms with Gasteiger partial charge in [0.05, 0.1) is 0 Å². The minimum atomic E-state index is -0.858. The van der Waals surface area contributed by atoms with Gasteiger partial charge in [-0.05, 0) is 160 Å². The number of hydrogen-bond donors (Lipinski definition) is 6. The summed E-state index contributed by atoms with van der Waals surface area (Å²) in [5, 5.41) is 55.0. The van der Waals surface area contributed by atoms with Gasteiger partial charge in [-0.15, -0.1) is 0 Å². The van der Waals surface area contributed by atoms with E-state index in [2.05, 4.69) is 48.5 Å². The third kappa shape index (κ3) is 57.0. The van der Waals surface area contributed by atoms with E-state index in [1.54, 1.807) is 29.4 Å². The highest BCUT2D eigenvalue weighted by Gasteiger charge is 2.37. The molecular formula is C102H186N6O18. The van der Waals surface area contributed by atoms with Gasteiger partial charge < -0.3 is 60.0 Å². The highest BCUT2D eigenvalue weighted by molar-refractivity contribution is 5.87. The van der Waals surface area contributed by atoms with Crippen molar-refractivity contribution in [2.45, 2.75) is 534 Å². The van der Waals surface area contributed by atoms with Crippen molar-refractivity contribution in [1.29, 1.82) is 0 Å². The van der Waals surface area contributed by atoms with Crippen molar-refractivity contribution < 1.29 is 88.2 Å². The molecule has 0 aromatic carbocycles. The van der Waals surface area contributed by atoms with Crippen LogP contribution >= 0.6 is 0 Å². The average molecular weight is 1780 g/mol. The van der Waals surface area contributed by atoms with Gasteiger partial charge in [0.1, 0.15) is 36.3 Å². The molecule has 24 nitrogen and oxygen atoms in total. The van der Waals surface area contributed by atoms with Crippen LogP contribution in [0, 0.1) is 5.92 Å². The molecule has 6 saturated heterocycles. The molecule has 126 heavy (non-hydrogen) atoms. The van der Waals surface area contributed by atoms with Gasteiger partial charge in [-0.1, -0.05) is 305 Å². The van der Waals surface area contributed by atoms with Crippen molar-refractivity contribution in [3.8, 4) is 0 Å². The van der Waals surface area contributed by atoms with E-state index in [1.807, 2.05) is 0 Å². The number of carbonyl (C=O) groups excluding carboxylic acids is 6. The number of nitrogens with zero attached hydrogens (tertiary/aromatic N) is 6. The second-order valence-corrected chi connectivity index (χ2v) is 37.4. The molecule has 6 rings (SSSR count). The first-order chi connectivity index (χ1) is 60.8. The molecule has 0 spiro atoms. The standard InChI is InChI=1S/C22H41NO3.C20H37NO3.C18H33NO3.C16H29NO3.C14H25NO3.C12H21NO3/c1-2-3-4-5-6-7-8-9-10-11-12-13-14-18-21(24)23-19-16-15-17-20(23)22(25)26;1-2-3-4-5-6-7-8-9-10-11-12-16-19(22)21-17-14-13-15-18(21)20(23)24;1-2-3-4-5-6-7-8-9-10-14-17(20)19-15-12-11-13-16(19)18(21)22;1-2-3-4-5-6-7-8-12-15(18)17-13-10-9-11-14(17)16(19)20;1-11(2)7-3-4-9-13(16)15-10-6-5-8-12(15)14(17)18;1-2-3-4-8-11(14)13-9-6-5-7-10(13)12(15)16/h20H,2-19H2,1H3,(H,25,26);18H,2-17H2,1H3,(H,23,24);16H,2-15H2,1H3,(H,21,22);14H,2-13H2,1H3,(H,19,20);11-12H,3-10H2,1-2H3,(H,17,18);10H,2-9H2,1H3,(H,15,16). The first-order valence-corrected chi connectivity index (χ1v) is 52.0. The first-order valence-electron chi connectivity index (χ1n) is 52.0. The van der Waals surface area contributed by atoms with Crippen LogP contribution in [0.15, 0.2) is 0 Å². The molecule has 0 aromatic heterocycles. The molecule has 6 unspecified atom stereocenters. The molecule has 6 aliphatic heterocycles. The second kappa shape index (κ2) is 78.5. The van der Waals surface area contributed by atoms with E-state index in [0.717, 1.165) is 167 Å². The Morgan fingerprint density at radius 3 is 0.468 bits per heavy atom. The van der Waals surface area contributed by atoms with Crippen LogP contribution in [0.25, 0.3) is 0 Å². The molecule has 0 radical (unpaired) electrons. The molecule has 0 bridgehead atoms. The summed E-state index contributed by atoms with van der Waals surface area (Å²) in [6, 6.07) is -3.50. The van der Waals surface area contributed by atoms with Crippen molar-refractivity contribution in [3.63, 3.8) is 0 Å². The number of piperidine rings is 6. The number of amides is 6. The minimum Gasteiger partial charge on any atom is -0.480 e. The van der Waals surface area contributed by atoms with Gasteiger partial charge in [-0.25, -0.2) is 28.8 Å². The van der Waals surface area contributed by atoms with Crippen LogP contribution in [0.5, 0.6) is 0 Å². The minimum absolute atomic E-state index is 0.0144. The lowest BCUT2D eigenvalue weighted by molar-refractivity contribution is -0.152. The van der Waals surface area contributed by atoms with Crippen molar-refractivity contribution in [2.75, 3.05) is 39.3 Å². The molecule has 6 aliphatic rings. The summed E-state index contributed by atoms with van der Waals surface area (Å²) in [6.45, 7) is 19.1. The van der Waals surface area contributed by atoms with Crippen LogP contribution in [-0.4, -0.2) is 207 Å². The predicted octanol–water partition coefficient (Wildman–Crippen LogP) is 23.8. The number of carboxylic acids is 6. The van der Waals surface area contributed by atoms with Crippen LogP contribution in [0.2, 0.25) is 0 Å². The van der Waals surface area contributed by atoms with Crippen LogP contribution in [0.3, 0.4) is 0 Å². The maximum absolute atomic E-state index is 12.3. The Morgan fingerprint density at radius 2 is 0.325 bits per heavy atom. The lowest BCUT2D eigenvalue weighted by Crippen LogP contribution is -2.47. The van der Waals surface area contributed by atoms with Gasteiger partial charge in [0.25, 0.3) is 0 Å². The van der Waals surface area contributed by atoms with Gasteiger partial charge in [-0.3, -0.25) is 28.8 Å². The van der Waals surface area contributed by atoms with Crippen LogP contribution in [0.4, 0.5) is 0 Å². The Hall–Kier alpha value is -6.36. The summed E-state index contributed by atoms with van der Waals surface area (Å²) in [7, 11) is 0. The molecule has 0 aliphatic carbocycles. The molecule has 24 heteroatoms. The highest BCUT2D eigenvalue weighted by Crippen LogP contribution is 2.27. The zero-order valence-electron chi connectivity index (χ0n) is 81.0. The van der Waals surface area contributed by atoms with Crippen molar-refractivity contribution in [3.05, 3.63) is 0 Å². The number of carboxylic acid groups (broad SMARTS) is 6. The fourth-order valence-electron chi connectivity index (χ4n) is 18.2. The van der Waals surface area contributed by atoms with E-state index in [0.29, 0.717) is 122 Å².